The Labute approximate surface area is 134 Å². The fraction of sp³-hybridized carbons (Fsp3) is 0.158. The van der Waals surface area contributed by atoms with Crippen LogP contribution < -0.4 is 5.32 Å². The van der Waals surface area contributed by atoms with Crippen LogP contribution in [0.4, 0.5) is 10.1 Å². The first kappa shape index (κ1) is 15.2. The molecule has 0 spiro atoms. The van der Waals surface area contributed by atoms with Gasteiger partial charge in [0.1, 0.15) is 5.82 Å². The number of halogens is 1. The van der Waals surface area contributed by atoms with Crippen molar-refractivity contribution >= 4 is 22.5 Å². The second kappa shape index (κ2) is 6.16. The molecule has 1 N–H and O–H groups in total. The standard InChI is InChI=1S/C19H17FN2O/c1-3-15-12(2)18(13-8-4-6-10-16(13)21-15)19(23)22-17-11-7-5-9-14(17)20/h4-11H,3H2,1-2H3,(H,22,23). The predicted octanol–water partition coefficient (Wildman–Crippen LogP) is 4.50. The van der Waals surface area contributed by atoms with Crippen molar-refractivity contribution in [1.29, 1.82) is 0 Å². The summed E-state index contributed by atoms with van der Waals surface area (Å²) in [5.74, 6) is -0.770. The van der Waals surface area contributed by atoms with E-state index in [1.807, 2.05) is 38.1 Å². The van der Waals surface area contributed by atoms with Gasteiger partial charge < -0.3 is 5.32 Å². The van der Waals surface area contributed by atoms with Gasteiger partial charge in [-0.1, -0.05) is 37.3 Å². The second-order valence-electron chi connectivity index (χ2n) is 5.36. The van der Waals surface area contributed by atoms with Crippen LogP contribution in [0, 0.1) is 12.7 Å². The SMILES string of the molecule is CCc1nc2ccccc2c(C(=O)Nc2ccccc2F)c1C. The number of benzene rings is 2. The van der Waals surface area contributed by atoms with Crippen molar-refractivity contribution in [3.8, 4) is 0 Å². The van der Waals surface area contributed by atoms with Crippen molar-refractivity contribution in [3.05, 3.63) is 71.2 Å². The molecule has 0 fully saturated rings. The Morgan fingerprint density at radius 3 is 2.57 bits per heavy atom. The monoisotopic (exact) mass is 308 g/mol. The summed E-state index contributed by atoms with van der Waals surface area (Å²) in [4.78, 5) is 17.4. The molecule has 1 heterocycles. The minimum atomic E-state index is -0.451. The maximum Gasteiger partial charge on any atom is 0.256 e. The minimum Gasteiger partial charge on any atom is -0.319 e. The van der Waals surface area contributed by atoms with E-state index in [-0.39, 0.29) is 11.6 Å². The molecule has 2 aromatic carbocycles. The van der Waals surface area contributed by atoms with Crippen molar-refractivity contribution in [3.63, 3.8) is 0 Å². The second-order valence-corrected chi connectivity index (χ2v) is 5.36. The van der Waals surface area contributed by atoms with E-state index in [9.17, 15) is 9.18 Å². The molecule has 1 amide bonds. The molecule has 0 atom stereocenters. The highest BCUT2D eigenvalue weighted by molar-refractivity contribution is 6.13. The van der Waals surface area contributed by atoms with Crippen LogP contribution in [0.2, 0.25) is 0 Å². The van der Waals surface area contributed by atoms with Crippen molar-refractivity contribution in [2.45, 2.75) is 20.3 Å². The van der Waals surface area contributed by atoms with Crippen LogP contribution in [0.3, 0.4) is 0 Å². The Hall–Kier alpha value is -2.75. The van der Waals surface area contributed by atoms with Gasteiger partial charge in [0.05, 0.1) is 16.8 Å². The lowest BCUT2D eigenvalue weighted by atomic mass is 9.99. The van der Waals surface area contributed by atoms with Crippen LogP contribution in [-0.4, -0.2) is 10.9 Å². The number of nitrogens with zero attached hydrogens (tertiary/aromatic N) is 1. The Morgan fingerprint density at radius 2 is 1.83 bits per heavy atom. The van der Waals surface area contributed by atoms with Crippen LogP contribution in [0.1, 0.15) is 28.5 Å². The molecule has 3 aromatic rings. The molecule has 0 bridgehead atoms. The van der Waals surface area contributed by atoms with Crippen molar-refractivity contribution in [2.75, 3.05) is 5.32 Å². The highest BCUT2D eigenvalue weighted by atomic mass is 19.1. The molecular weight excluding hydrogens is 291 g/mol. The number of rotatable bonds is 3. The lowest BCUT2D eigenvalue weighted by Gasteiger charge is -2.14. The Kier molecular flexibility index (Phi) is 4.06. The molecule has 0 aliphatic heterocycles. The number of anilines is 1. The van der Waals surface area contributed by atoms with Crippen molar-refractivity contribution < 1.29 is 9.18 Å². The third kappa shape index (κ3) is 2.80. The number of pyridine rings is 1. The number of nitrogens with one attached hydrogen (secondary N) is 1. The zero-order valence-corrected chi connectivity index (χ0v) is 13.1. The molecule has 0 saturated carbocycles. The summed E-state index contributed by atoms with van der Waals surface area (Å²) in [6.07, 6.45) is 0.733. The van der Waals surface area contributed by atoms with Gasteiger partial charge >= 0.3 is 0 Å². The van der Waals surface area contributed by atoms with Gasteiger partial charge in [-0.2, -0.15) is 0 Å². The Bertz CT molecular complexity index is 890. The third-order valence-corrected chi connectivity index (χ3v) is 3.92. The zero-order valence-electron chi connectivity index (χ0n) is 13.1. The summed E-state index contributed by atoms with van der Waals surface area (Å²) in [5.41, 5.74) is 3.21. The van der Waals surface area contributed by atoms with Gasteiger partial charge in [0, 0.05) is 11.1 Å². The molecule has 23 heavy (non-hydrogen) atoms. The maximum absolute atomic E-state index is 13.8. The van der Waals surface area contributed by atoms with E-state index in [0.717, 1.165) is 28.6 Å². The van der Waals surface area contributed by atoms with Gasteiger partial charge in [0.15, 0.2) is 0 Å². The maximum atomic E-state index is 13.8. The number of hydrogen-bond acceptors (Lipinski definition) is 2. The van der Waals surface area contributed by atoms with Crippen molar-refractivity contribution in [1.82, 2.24) is 4.98 Å². The van der Waals surface area contributed by atoms with Gasteiger partial charge in [0.25, 0.3) is 5.91 Å². The summed E-state index contributed by atoms with van der Waals surface area (Å²) in [5, 5.41) is 3.44. The first-order chi connectivity index (χ1) is 11.1. The van der Waals surface area contributed by atoms with Crippen LogP contribution in [0.25, 0.3) is 10.9 Å². The lowest BCUT2D eigenvalue weighted by molar-refractivity contribution is 0.102. The highest BCUT2D eigenvalue weighted by Gasteiger charge is 2.18. The lowest BCUT2D eigenvalue weighted by Crippen LogP contribution is -2.16. The number of fused-ring (bicyclic) bond motifs is 1. The number of carbonyl (C=O) groups excluding carboxylic acids is 1. The van der Waals surface area contributed by atoms with E-state index < -0.39 is 5.82 Å². The summed E-state index contributed by atoms with van der Waals surface area (Å²) in [6, 6.07) is 13.7. The van der Waals surface area contributed by atoms with Crippen LogP contribution in [0.15, 0.2) is 48.5 Å². The smallest absolute Gasteiger partial charge is 0.256 e. The summed E-state index contributed by atoms with van der Waals surface area (Å²) in [6.45, 7) is 3.89. The topological polar surface area (TPSA) is 42.0 Å². The van der Waals surface area contributed by atoms with Crippen LogP contribution >= 0.6 is 0 Å². The molecule has 4 heteroatoms. The van der Waals surface area contributed by atoms with E-state index >= 15 is 0 Å². The summed E-state index contributed by atoms with van der Waals surface area (Å²) >= 11 is 0. The van der Waals surface area contributed by atoms with E-state index in [0.29, 0.717) is 5.56 Å². The number of aryl methyl sites for hydroxylation is 1. The highest BCUT2D eigenvalue weighted by Crippen LogP contribution is 2.25. The van der Waals surface area contributed by atoms with Gasteiger partial charge in [-0.15, -0.1) is 0 Å². The van der Waals surface area contributed by atoms with Crippen molar-refractivity contribution in [2.24, 2.45) is 0 Å². The normalized spacial score (nSPS) is 10.7. The Morgan fingerprint density at radius 1 is 1.13 bits per heavy atom. The first-order valence-corrected chi connectivity index (χ1v) is 7.56. The summed E-state index contributed by atoms with van der Waals surface area (Å²) in [7, 11) is 0. The van der Waals surface area contributed by atoms with Crippen LogP contribution in [-0.2, 0) is 6.42 Å². The van der Waals surface area contributed by atoms with Gasteiger partial charge in [-0.3, -0.25) is 9.78 Å². The average molecular weight is 308 g/mol. The zero-order chi connectivity index (χ0) is 16.4. The fourth-order valence-electron chi connectivity index (χ4n) is 2.74. The Balaban J connectivity index is 2.13. The average Bonchev–Trinajstić information content (AvgIpc) is 2.56. The number of hydrogen-bond donors (Lipinski definition) is 1. The number of carbonyl (C=O) groups is 1. The van der Waals surface area contributed by atoms with Gasteiger partial charge in [-0.05, 0) is 37.1 Å². The van der Waals surface area contributed by atoms with Crippen LogP contribution in [0.5, 0.6) is 0 Å². The molecule has 0 aliphatic carbocycles. The van der Waals surface area contributed by atoms with E-state index in [1.54, 1.807) is 18.2 Å². The minimum absolute atomic E-state index is 0.177. The molecule has 116 valence electrons. The quantitative estimate of drug-likeness (QED) is 0.774. The molecule has 3 nitrogen and oxygen atoms in total. The number of amides is 1. The third-order valence-electron chi connectivity index (χ3n) is 3.92. The van der Waals surface area contributed by atoms with E-state index in [1.165, 1.54) is 6.07 Å². The first-order valence-electron chi connectivity index (χ1n) is 7.56. The molecule has 0 aliphatic rings. The molecule has 0 unspecified atom stereocenters. The van der Waals surface area contributed by atoms with Gasteiger partial charge in [-0.25, -0.2) is 4.39 Å². The number of para-hydroxylation sites is 2. The molecule has 3 rings (SSSR count). The van der Waals surface area contributed by atoms with Gasteiger partial charge in [0.2, 0.25) is 0 Å². The predicted molar refractivity (Wildman–Crippen MR) is 90.2 cm³/mol. The molecule has 1 aromatic heterocycles. The summed E-state index contributed by atoms with van der Waals surface area (Å²) < 4.78 is 13.8. The largest absolute Gasteiger partial charge is 0.319 e. The number of aromatic nitrogens is 1. The molecule has 0 radical (unpaired) electrons. The molecule has 0 saturated heterocycles. The molecular formula is C19H17FN2O. The van der Waals surface area contributed by atoms with E-state index in [4.69, 9.17) is 0 Å². The van der Waals surface area contributed by atoms with E-state index in [2.05, 4.69) is 10.3 Å². The fourth-order valence-corrected chi connectivity index (χ4v) is 2.74.